The monoisotopic (exact) mass is 251 g/mol. The van der Waals surface area contributed by atoms with Crippen LogP contribution in [0.1, 0.15) is 76.4 Å². The van der Waals surface area contributed by atoms with Gasteiger partial charge in [-0.3, -0.25) is 0 Å². The fraction of sp³-hybridized carbons (Fsp3) is 0.857. The summed E-state index contributed by atoms with van der Waals surface area (Å²) >= 11 is 0. The van der Waals surface area contributed by atoms with Gasteiger partial charge in [0.1, 0.15) is 0 Å². The highest BCUT2D eigenvalue weighted by molar-refractivity contribution is 5.06. The average molecular weight is 251 g/mol. The Balaban J connectivity index is 2.13. The molecule has 1 aromatic heterocycles. The Morgan fingerprint density at radius 3 is 2.50 bits per heavy atom. The molecular weight excluding hydrogens is 226 g/mol. The number of hydrogen-bond donors (Lipinski definition) is 1. The maximum atomic E-state index is 5.83. The molecular formula is C14H25N3O. The van der Waals surface area contributed by atoms with Gasteiger partial charge in [-0.15, -0.1) is 0 Å². The Hall–Kier alpha value is -0.900. The van der Waals surface area contributed by atoms with Crippen LogP contribution in [0.3, 0.4) is 0 Å². The zero-order valence-electron chi connectivity index (χ0n) is 11.6. The molecule has 1 unspecified atom stereocenters. The minimum atomic E-state index is -0.171. The van der Waals surface area contributed by atoms with Crippen LogP contribution in [0.4, 0.5) is 0 Å². The Morgan fingerprint density at radius 2 is 1.94 bits per heavy atom. The molecule has 0 aromatic carbocycles. The first-order valence-corrected chi connectivity index (χ1v) is 7.24. The summed E-state index contributed by atoms with van der Waals surface area (Å²) < 4.78 is 5.46. The third-order valence-corrected chi connectivity index (χ3v) is 4.41. The molecule has 1 aromatic rings. The normalized spacial score (nSPS) is 21.5. The average Bonchev–Trinajstić information content (AvgIpc) is 2.75. The number of aromatic nitrogens is 2. The molecule has 0 bridgehead atoms. The second kappa shape index (κ2) is 5.83. The lowest BCUT2D eigenvalue weighted by atomic mass is 9.87. The number of rotatable bonds is 4. The van der Waals surface area contributed by atoms with Crippen molar-refractivity contribution in [3.05, 3.63) is 11.7 Å². The van der Waals surface area contributed by atoms with Crippen molar-refractivity contribution < 1.29 is 4.52 Å². The summed E-state index contributed by atoms with van der Waals surface area (Å²) in [4.78, 5) is 4.63. The summed E-state index contributed by atoms with van der Waals surface area (Å²) in [6, 6.07) is 0. The summed E-state index contributed by atoms with van der Waals surface area (Å²) in [5, 5.41) is 4.20. The molecule has 0 aliphatic heterocycles. The molecule has 2 rings (SSSR count). The van der Waals surface area contributed by atoms with Gasteiger partial charge in [-0.1, -0.05) is 37.8 Å². The summed E-state index contributed by atoms with van der Waals surface area (Å²) in [5.74, 6) is 2.11. The van der Waals surface area contributed by atoms with Crippen LogP contribution in [0.5, 0.6) is 0 Å². The fourth-order valence-corrected chi connectivity index (χ4v) is 2.57. The van der Waals surface area contributed by atoms with E-state index in [4.69, 9.17) is 10.3 Å². The first kappa shape index (κ1) is 13.5. The van der Waals surface area contributed by atoms with Crippen molar-refractivity contribution in [3.8, 4) is 0 Å². The lowest BCUT2D eigenvalue weighted by molar-refractivity contribution is 0.288. The smallest absolute Gasteiger partial charge is 0.233 e. The van der Waals surface area contributed by atoms with Gasteiger partial charge >= 0.3 is 0 Å². The predicted molar refractivity (Wildman–Crippen MR) is 71.4 cm³/mol. The zero-order valence-corrected chi connectivity index (χ0v) is 11.6. The summed E-state index contributed by atoms with van der Waals surface area (Å²) in [5.41, 5.74) is 5.66. The number of nitrogens with two attached hydrogens (primary N) is 1. The maximum absolute atomic E-state index is 5.83. The van der Waals surface area contributed by atoms with Crippen LogP contribution < -0.4 is 5.73 Å². The van der Waals surface area contributed by atoms with Crippen LogP contribution in [0, 0.1) is 0 Å². The third kappa shape index (κ3) is 2.74. The summed E-state index contributed by atoms with van der Waals surface area (Å²) in [6.07, 6.45) is 8.59. The van der Waals surface area contributed by atoms with E-state index in [9.17, 15) is 0 Å². The Kier molecular flexibility index (Phi) is 4.38. The van der Waals surface area contributed by atoms with Gasteiger partial charge in [0.25, 0.3) is 0 Å². The molecule has 1 heterocycles. The zero-order chi connectivity index (χ0) is 13.0. The van der Waals surface area contributed by atoms with E-state index in [1.807, 2.05) is 0 Å². The Labute approximate surface area is 109 Å². The van der Waals surface area contributed by atoms with E-state index in [2.05, 4.69) is 24.0 Å². The summed E-state index contributed by atoms with van der Waals surface area (Å²) in [7, 11) is 0. The first-order valence-electron chi connectivity index (χ1n) is 7.24. The quantitative estimate of drug-likeness (QED) is 0.835. The topological polar surface area (TPSA) is 64.9 Å². The first-order chi connectivity index (χ1) is 8.69. The van der Waals surface area contributed by atoms with E-state index in [1.165, 1.54) is 38.5 Å². The van der Waals surface area contributed by atoms with E-state index in [0.717, 1.165) is 12.2 Å². The molecule has 1 aliphatic rings. The van der Waals surface area contributed by atoms with Gasteiger partial charge in [0.2, 0.25) is 5.89 Å². The van der Waals surface area contributed by atoms with Crippen LogP contribution in [-0.2, 0) is 5.41 Å². The van der Waals surface area contributed by atoms with Gasteiger partial charge in [-0.2, -0.15) is 4.98 Å². The second-order valence-electron chi connectivity index (χ2n) is 5.76. The standard InChI is InChI=1S/C14H25N3O/c1-3-14(2,10-15)13-16-12(17-18-13)11-8-6-4-5-7-9-11/h11H,3-10,15H2,1-2H3. The van der Waals surface area contributed by atoms with Gasteiger partial charge < -0.3 is 10.3 Å². The second-order valence-corrected chi connectivity index (χ2v) is 5.76. The molecule has 1 saturated carbocycles. The highest BCUT2D eigenvalue weighted by Crippen LogP contribution is 2.32. The highest BCUT2D eigenvalue weighted by Gasteiger charge is 2.31. The predicted octanol–water partition coefficient (Wildman–Crippen LogP) is 3.13. The van der Waals surface area contributed by atoms with Crippen molar-refractivity contribution in [3.63, 3.8) is 0 Å². The molecule has 0 spiro atoms. The molecule has 4 heteroatoms. The van der Waals surface area contributed by atoms with Crippen molar-refractivity contribution >= 4 is 0 Å². The molecule has 1 atom stereocenters. The van der Waals surface area contributed by atoms with Crippen molar-refractivity contribution in [1.82, 2.24) is 10.1 Å². The number of hydrogen-bond acceptors (Lipinski definition) is 4. The van der Waals surface area contributed by atoms with Crippen molar-refractivity contribution in [2.75, 3.05) is 6.54 Å². The SMILES string of the molecule is CCC(C)(CN)c1nc(C2CCCCCC2)no1. The fourth-order valence-electron chi connectivity index (χ4n) is 2.57. The van der Waals surface area contributed by atoms with Crippen molar-refractivity contribution in [2.24, 2.45) is 5.73 Å². The van der Waals surface area contributed by atoms with E-state index < -0.39 is 0 Å². The van der Waals surface area contributed by atoms with Crippen LogP contribution >= 0.6 is 0 Å². The minimum Gasteiger partial charge on any atom is -0.339 e. The van der Waals surface area contributed by atoms with Crippen LogP contribution in [0.25, 0.3) is 0 Å². The van der Waals surface area contributed by atoms with Crippen LogP contribution in [0.15, 0.2) is 4.52 Å². The largest absolute Gasteiger partial charge is 0.339 e. The molecule has 0 saturated heterocycles. The maximum Gasteiger partial charge on any atom is 0.233 e. The lowest BCUT2D eigenvalue weighted by Gasteiger charge is -2.20. The number of nitrogens with zero attached hydrogens (tertiary/aromatic N) is 2. The highest BCUT2D eigenvalue weighted by atomic mass is 16.5. The van der Waals surface area contributed by atoms with E-state index >= 15 is 0 Å². The molecule has 1 fully saturated rings. The minimum absolute atomic E-state index is 0.171. The van der Waals surface area contributed by atoms with Crippen molar-refractivity contribution in [1.29, 1.82) is 0 Å². The molecule has 1 aliphatic carbocycles. The Bertz CT molecular complexity index is 363. The van der Waals surface area contributed by atoms with Gasteiger partial charge in [-0.05, 0) is 26.2 Å². The van der Waals surface area contributed by atoms with E-state index in [1.54, 1.807) is 0 Å². The third-order valence-electron chi connectivity index (χ3n) is 4.41. The lowest BCUT2D eigenvalue weighted by Crippen LogP contribution is -2.31. The molecule has 0 amide bonds. The molecule has 2 N–H and O–H groups in total. The molecule has 4 nitrogen and oxygen atoms in total. The van der Waals surface area contributed by atoms with Gasteiger partial charge in [-0.25, -0.2) is 0 Å². The Morgan fingerprint density at radius 1 is 1.28 bits per heavy atom. The van der Waals surface area contributed by atoms with Crippen LogP contribution in [-0.4, -0.2) is 16.7 Å². The molecule has 18 heavy (non-hydrogen) atoms. The van der Waals surface area contributed by atoms with E-state index in [0.29, 0.717) is 18.4 Å². The van der Waals surface area contributed by atoms with Gasteiger partial charge in [0.15, 0.2) is 5.82 Å². The van der Waals surface area contributed by atoms with Crippen molar-refractivity contribution in [2.45, 2.75) is 70.1 Å². The van der Waals surface area contributed by atoms with Gasteiger partial charge in [0, 0.05) is 12.5 Å². The van der Waals surface area contributed by atoms with Crippen LogP contribution in [0.2, 0.25) is 0 Å². The van der Waals surface area contributed by atoms with Gasteiger partial charge in [0.05, 0.1) is 5.41 Å². The molecule has 102 valence electrons. The molecule has 0 radical (unpaired) electrons. The van der Waals surface area contributed by atoms with E-state index in [-0.39, 0.29) is 5.41 Å². The summed E-state index contributed by atoms with van der Waals surface area (Å²) in [6.45, 7) is 4.76.